The minimum absolute atomic E-state index is 0.0570. The third-order valence-corrected chi connectivity index (χ3v) is 6.06. The van der Waals surface area contributed by atoms with Gasteiger partial charge < -0.3 is 9.80 Å². The first-order valence-corrected chi connectivity index (χ1v) is 10.9. The molecule has 3 heterocycles. The molecule has 6 nitrogen and oxygen atoms in total. The second-order valence-electron chi connectivity index (χ2n) is 8.00. The van der Waals surface area contributed by atoms with E-state index in [9.17, 15) is 18.0 Å². The van der Waals surface area contributed by atoms with Crippen LogP contribution in [0.5, 0.6) is 0 Å². The van der Waals surface area contributed by atoms with Crippen LogP contribution in [-0.2, 0) is 12.7 Å². The lowest BCUT2D eigenvalue weighted by atomic mass is 10.1. The van der Waals surface area contributed by atoms with Crippen molar-refractivity contribution in [1.29, 1.82) is 0 Å². The molecule has 1 aromatic carbocycles. The molecule has 1 fully saturated rings. The third kappa shape index (κ3) is 4.83. The molecule has 0 N–H and O–H groups in total. The summed E-state index contributed by atoms with van der Waals surface area (Å²) in [6.45, 7) is 5.93. The Morgan fingerprint density at radius 1 is 1.09 bits per heavy atom. The lowest BCUT2D eigenvalue weighted by Crippen LogP contribution is -2.49. The van der Waals surface area contributed by atoms with Crippen molar-refractivity contribution in [2.24, 2.45) is 0 Å². The van der Waals surface area contributed by atoms with Crippen LogP contribution in [0, 0.1) is 13.8 Å². The minimum Gasteiger partial charge on any atom is -0.352 e. The van der Waals surface area contributed by atoms with Crippen molar-refractivity contribution < 1.29 is 18.0 Å². The second-order valence-corrected chi connectivity index (χ2v) is 8.40. The lowest BCUT2D eigenvalue weighted by molar-refractivity contribution is -0.137. The highest BCUT2D eigenvalue weighted by molar-refractivity contribution is 6.33. The van der Waals surface area contributed by atoms with Crippen molar-refractivity contribution in [3.8, 4) is 0 Å². The van der Waals surface area contributed by atoms with Gasteiger partial charge in [0.1, 0.15) is 5.82 Å². The summed E-state index contributed by atoms with van der Waals surface area (Å²) in [5, 5.41) is 4.51. The quantitative estimate of drug-likeness (QED) is 0.552. The Morgan fingerprint density at radius 2 is 1.76 bits per heavy atom. The van der Waals surface area contributed by atoms with E-state index in [1.807, 2.05) is 48.9 Å². The first kappa shape index (κ1) is 23.1. The van der Waals surface area contributed by atoms with E-state index in [1.54, 1.807) is 9.80 Å². The fourth-order valence-corrected chi connectivity index (χ4v) is 4.30. The fourth-order valence-electron chi connectivity index (χ4n) is 4.01. The molecule has 0 bridgehead atoms. The van der Waals surface area contributed by atoms with Crippen LogP contribution in [-0.4, -0.2) is 51.8 Å². The molecule has 0 spiro atoms. The second kappa shape index (κ2) is 9.05. The van der Waals surface area contributed by atoms with E-state index in [0.717, 1.165) is 23.5 Å². The van der Waals surface area contributed by atoms with Crippen molar-refractivity contribution in [3.05, 3.63) is 75.7 Å². The maximum absolute atomic E-state index is 13.3. The Hall–Kier alpha value is -3.07. The van der Waals surface area contributed by atoms with E-state index >= 15 is 0 Å². The van der Waals surface area contributed by atoms with Crippen molar-refractivity contribution in [3.63, 3.8) is 0 Å². The van der Waals surface area contributed by atoms with Gasteiger partial charge in [-0.05, 0) is 25.5 Å². The van der Waals surface area contributed by atoms with Gasteiger partial charge in [-0.2, -0.15) is 18.3 Å². The number of benzene rings is 1. The van der Waals surface area contributed by atoms with Crippen LogP contribution < -0.4 is 4.90 Å². The van der Waals surface area contributed by atoms with Crippen molar-refractivity contribution in [1.82, 2.24) is 19.7 Å². The molecule has 0 saturated carbocycles. The first-order chi connectivity index (χ1) is 15.6. The Morgan fingerprint density at radius 3 is 2.36 bits per heavy atom. The number of carbonyl (C=O) groups is 1. The van der Waals surface area contributed by atoms with Gasteiger partial charge in [0, 0.05) is 38.1 Å². The molecule has 1 aliphatic heterocycles. The number of piperazine rings is 1. The maximum atomic E-state index is 13.3. The predicted octanol–water partition coefficient (Wildman–Crippen LogP) is 4.58. The number of amides is 1. The fraction of sp³-hybridized carbons (Fsp3) is 0.348. The van der Waals surface area contributed by atoms with Crippen LogP contribution in [0.15, 0.2) is 42.6 Å². The zero-order chi connectivity index (χ0) is 23.8. The number of aromatic nitrogens is 3. The summed E-state index contributed by atoms with van der Waals surface area (Å²) in [4.78, 5) is 20.7. The average molecular weight is 478 g/mol. The van der Waals surface area contributed by atoms with Gasteiger partial charge in [0.2, 0.25) is 0 Å². The number of pyridine rings is 1. The lowest BCUT2D eigenvalue weighted by Gasteiger charge is -2.36. The highest BCUT2D eigenvalue weighted by Gasteiger charge is 2.33. The van der Waals surface area contributed by atoms with Crippen molar-refractivity contribution >= 4 is 23.3 Å². The molecule has 174 valence electrons. The van der Waals surface area contributed by atoms with Crippen LogP contribution in [0.3, 0.4) is 0 Å². The van der Waals surface area contributed by atoms with Gasteiger partial charge in [-0.3, -0.25) is 9.48 Å². The topological polar surface area (TPSA) is 54.3 Å². The average Bonchev–Trinajstić information content (AvgIpc) is 3.06. The summed E-state index contributed by atoms with van der Waals surface area (Å²) in [5.74, 6) is 0.190. The molecule has 0 radical (unpaired) electrons. The molecule has 1 aliphatic rings. The molecular weight excluding hydrogens is 455 g/mol. The van der Waals surface area contributed by atoms with Crippen molar-refractivity contribution in [2.45, 2.75) is 26.6 Å². The molecule has 3 aromatic rings. The Bertz CT molecular complexity index is 1150. The summed E-state index contributed by atoms with van der Waals surface area (Å²) < 4.78 is 40.4. The normalized spacial score (nSPS) is 14.6. The minimum atomic E-state index is -4.50. The third-order valence-electron chi connectivity index (χ3n) is 5.79. The number of alkyl halides is 3. The molecule has 1 saturated heterocycles. The number of hydrogen-bond acceptors (Lipinski definition) is 4. The maximum Gasteiger partial charge on any atom is 0.417 e. The van der Waals surface area contributed by atoms with Gasteiger partial charge in [-0.25, -0.2) is 4.98 Å². The summed E-state index contributed by atoms with van der Waals surface area (Å²) in [6, 6.07) is 10.8. The van der Waals surface area contributed by atoms with E-state index in [4.69, 9.17) is 11.6 Å². The Kier molecular flexibility index (Phi) is 6.34. The zero-order valence-corrected chi connectivity index (χ0v) is 19.0. The number of carbonyl (C=O) groups excluding carboxylic acids is 1. The van der Waals surface area contributed by atoms with Gasteiger partial charge >= 0.3 is 6.18 Å². The Balaban J connectivity index is 1.45. The van der Waals surface area contributed by atoms with Crippen molar-refractivity contribution in [2.75, 3.05) is 31.1 Å². The van der Waals surface area contributed by atoms with Gasteiger partial charge in [-0.15, -0.1) is 0 Å². The van der Waals surface area contributed by atoms with Crippen LogP contribution >= 0.6 is 11.6 Å². The molecule has 0 aliphatic carbocycles. The van der Waals surface area contributed by atoms with Gasteiger partial charge in [0.25, 0.3) is 5.91 Å². The molecule has 33 heavy (non-hydrogen) atoms. The number of aryl methyl sites for hydroxylation is 1. The van der Waals surface area contributed by atoms with E-state index < -0.39 is 11.7 Å². The molecule has 0 unspecified atom stereocenters. The van der Waals surface area contributed by atoms with Crippen LogP contribution in [0.1, 0.15) is 32.9 Å². The standard InChI is InChI=1S/C23H23ClF3N5O/c1-15-20(16(2)32(29-15)14-17-6-4-3-5-7-17)22(33)31-10-8-30(9-11-31)21-19(24)12-18(13-28-21)23(25,26)27/h3-7,12-13H,8-11,14H2,1-2H3. The molecule has 0 atom stereocenters. The smallest absolute Gasteiger partial charge is 0.352 e. The molecule has 1 amide bonds. The number of halogens is 4. The van der Waals surface area contributed by atoms with Gasteiger partial charge in [0.15, 0.2) is 0 Å². The Labute approximate surface area is 194 Å². The number of rotatable bonds is 4. The van der Waals surface area contributed by atoms with E-state index in [1.165, 1.54) is 0 Å². The van der Waals surface area contributed by atoms with E-state index in [0.29, 0.717) is 49.8 Å². The van der Waals surface area contributed by atoms with E-state index in [-0.39, 0.29) is 10.9 Å². The first-order valence-electron chi connectivity index (χ1n) is 10.5. The SMILES string of the molecule is Cc1nn(Cc2ccccc2)c(C)c1C(=O)N1CCN(c2ncc(C(F)(F)F)cc2Cl)CC1. The zero-order valence-electron chi connectivity index (χ0n) is 18.2. The summed E-state index contributed by atoms with van der Waals surface area (Å²) in [6.07, 6.45) is -3.71. The van der Waals surface area contributed by atoms with Crippen LogP contribution in [0.2, 0.25) is 5.02 Å². The summed E-state index contributed by atoms with van der Waals surface area (Å²) in [7, 11) is 0. The molecule has 4 rings (SSSR count). The summed E-state index contributed by atoms with van der Waals surface area (Å²) in [5.41, 5.74) is 2.27. The summed E-state index contributed by atoms with van der Waals surface area (Å²) >= 11 is 6.08. The highest BCUT2D eigenvalue weighted by atomic mass is 35.5. The largest absolute Gasteiger partial charge is 0.417 e. The van der Waals surface area contributed by atoms with E-state index in [2.05, 4.69) is 10.1 Å². The monoisotopic (exact) mass is 477 g/mol. The van der Waals surface area contributed by atoms with Gasteiger partial charge in [0.05, 0.1) is 28.4 Å². The van der Waals surface area contributed by atoms with Crippen LogP contribution in [0.4, 0.5) is 19.0 Å². The number of nitrogens with zero attached hydrogens (tertiary/aromatic N) is 5. The molecule has 10 heteroatoms. The molecule has 2 aromatic heterocycles. The molecular formula is C23H23ClF3N5O. The number of anilines is 1. The van der Waals surface area contributed by atoms with Gasteiger partial charge in [-0.1, -0.05) is 41.9 Å². The highest BCUT2D eigenvalue weighted by Crippen LogP contribution is 2.33. The van der Waals surface area contributed by atoms with Crippen LogP contribution in [0.25, 0.3) is 0 Å². The predicted molar refractivity (Wildman–Crippen MR) is 120 cm³/mol. The number of hydrogen-bond donors (Lipinski definition) is 0.